The predicted octanol–water partition coefficient (Wildman–Crippen LogP) is 2.40. The van der Waals surface area contributed by atoms with Gasteiger partial charge < -0.3 is 10.1 Å². The number of rotatable bonds is 2. The second-order valence-corrected chi connectivity index (χ2v) is 3.89. The van der Waals surface area contributed by atoms with Gasteiger partial charge in [0.15, 0.2) is 0 Å². The van der Waals surface area contributed by atoms with Gasteiger partial charge in [0.25, 0.3) is 0 Å². The van der Waals surface area contributed by atoms with E-state index in [0.717, 1.165) is 5.39 Å². The molecule has 90 valence electrons. The van der Waals surface area contributed by atoms with Crippen LogP contribution in [-0.4, -0.2) is 26.3 Å². The van der Waals surface area contributed by atoms with Crippen LogP contribution in [0.15, 0.2) is 30.3 Å². The Labute approximate surface area is 100 Å². The molecule has 6 heteroatoms. The lowest BCUT2D eigenvalue weighted by atomic mass is 10.2. The molecule has 0 bridgehead atoms. The van der Waals surface area contributed by atoms with Crippen molar-refractivity contribution in [1.29, 1.82) is 0 Å². The average Bonchev–Trinajstić information content (AvgIpc) is 2.93. The predicted molar refractivity (Wildman–Crippen MR) is 62.8 cm³/mol. The van der Waals surface area contributed by atoms with Crippen molar-refractivity contribution < 1.29 is 14.3 Å². The SMILES string of the molecule is O=C(O)c1cc(-c2cc3ccc(F)cc3[nH]2)n[nH]1. The van der Waals surface area contributed by atoms with Crippen molar-refractivity contribution in [3.05, 3.63) is 41.8 Å². The summed E-state index contributed by atoms with van der Waals surface area (Å²) in [5.41, 5.74) is 1.77. The Morgan fingerprint density at radius 1 is 1.28 bits per heavy atom. The molecule has 5 nitrogen and oxygen atoms in total. The minimum atomic E-state index is -1.07. The molecule has 3 rings (SSSR count). The van der Waals surface area contributed by atoms with E-state index in [-0.39, 0.29) is 11.5 Å². The number of hydrogen-bond acceptors (Lipinski definition) is 2. The molecule has 0 unspecified atom stereocenters. The lowest BCUT2D eigenvalue weighted by molar-refractivity contribution is 0.0690. The molecule has 1 aromatic carbocycles. The molecule has 0 atom stereocenters. The third-order valence-corrected chi connectivity index (χ3v) is 2.67. The maximum absolute atomic E-state index is 13.0. The molecule has 2 heterocycles. The van der Waals surface area contributed by atoms with E-state index in [0.29, 0.717) is 16.9 Å². The number of carboxylic acid groups (broad SMARTS) is 1. The molecule has 0 aliphatic rings. The first-order chi connectivity index (χ1) is 8.63. The Balaban J connectivity index is 2.10. The van der Waals surface area contributed by atoms with Crippen molar-refractivity contribution in [3.63, 3.8) is 0 Å². The minimum absolute atomic E-state index is 0.00911. The molecule has 0 aliphatic heterocycles. The van der Waals surface area contributed by atoms with Crippen LogP contribution >= 0.6 is 0 Å². The van der Waals surface area contributed by atoms with E-state index in [1.54, 1.807) is 12.1 Å². The number of nitrogens with one attached hydrogen (secondary N) is 2. The van der Waals surface area contributed by atoms with E-state index >= 15 is 0 Å². The average molecular weight is 245 g/mol. The van der Waals surface area contributed by atoms with Crippen LogP contribution < -0.4 is 0 Å². The molecule has 0 radical (unpaired) electrons. The van der Waals surface area contributed by atoms with E-state index < -0.39 is 5.97 Å². The van der Waals surface area contributed by atoms with Gasteiger partial charge in [0.05, 0.1) is 5.69 Å². The molecular weight excluding hydrogens is 237 g/mol. The summed E-state index contributed by atoms with van der Waals surface area (Å²) in [6.45, 7) is 0. The molecule has 0 saturated carbocycles. The molecule has 3 N–H and O–H groups in total. The maximum atomic E-state index is 13.0. The van der Waals surface area contributed by atoms with Crippen LogP contribution in [0.4, 0.5) is 4.39 Å². The summed E-state index contributed by atoms with van der Waals surface area (Å²) >= 11 is 0. The molecule has 0 aliphatic carbocycles. The zero-order chi connectivity index (χ0) is 12.7. The number of nitrogens with zero attached hydrogens (tertiary/aromatic N) is 1. The number of halogens is 1. The Hall–Kier alpha value is -2.63. The van der Waals surface area contributed by atoms with E-state index in [1.165, 1.54) is 18.2 Å². The summed E-state index contributed by atoms with van der Waals surface area (Å²) in [4.78, 5) is 13.7. The van der Waals surface area contributed by atoms with Gasteiger partial charge >= 0.3 is 5.97 Å². The van der Waals surface area contributed by atoms with Crippen molar-refractivity contribution in [1.82, 2.24) is 15.2 Å². The van der Waals surface area contributed by atoms with E-state index in [1.807, 2.05) is 0 Å². The largest absolute Gasteiger partial charge is 0.477 e. The Bertz CT molecular complexity index is 745. The normalized spacial score (nSPS) is 10.9. The van der Waals surface area contributed by atoms with Gasteiger partial charge in [-0.25, -0.2) is 9.18 Å². The fourth-order valence-electron chi connectivity index (χ4n) is 1.81. The molecule has 3 aromatic rings. The van der Waals surface area contributed by atoms with Crippen molar-refractivity contribution >= 4 is 16.9 Å². The van der Waals surface area contributed by atoms with Crippen LogP contribution in [0.5, 0.6) is 0 Å². The van der Waals surface area contributed by atoms with Gasteiger partial charge in [-0.15, -0.1) is 0 Å². The second-order valence-electron chi connectivity index (χ2n) is 3.89. The summed E-state index contributed by atoms with van der Waals surface area (Å²) in [6, 6.07) is 7.60. The smallest absolute Gasteiger partial charge is 0.353 e. The minimum Gasteiger partial charge on any atom is -0.477 e. The third kappa shape index (κ3) is 1.64. The highest BCUT2D eigenvalue weighted by Crippen LogP contribution is 2.23. The number of hydrogen-bond donors (Lipinski definition) is 3. The van der Waals surface area contributed by atoms with Gasteiger partial charge in [-0.3, -0.25) is 5.10 Å². The Morgan fingerprint density at radius 2 is 2.11 bits per heavy atom. The van der Waals surface area contributed by atoms with Crippen LogP contribution in [0.3, 0.4) is 0 Å². The van der Waals surface area contributed by atoms with Crippen LogP contribution in [0.2, 0.25) is 0 Å². The Kier molecular flexibility index (Phi) is 2.16. The summed E-state index contributed by atoms with van der Waals surface area (Å²) in [5.74, 6) is -1.40. The fraction of sp³-hybridized carbons (Fsp3) is 0. The molecule has 2 aromatic heterocycles. The van der Waals surface area contributed by atoms with Gasteiger partial charge in [0.2, 0.25) is 0 Å². The topological polar surface area (TPSA) is 81.8 Å². The van der Waals surface area contributed by atoms with Crippen LogP contribution in [0.1, 0.15) is 10.5 Å². The first kappa shape index (κ1) is 10.5. The van der Waals surface area contributed by atoms with Gasteiger partial charge in [0, 0.05) is 17.0 Å². The third-order valence-electron chi connectivity index (χ3n) is 2.67. The van der Waals surface area contributed by atoms with Crippen molar-refractivity contribution in [2.75, 3.05) is 0 Å². The number of fused-ring (bicyclic) bond motifs is 1. The van der Waals surface area contributed by atoms with Crippen molar-refractivity contribution in [3.8, 4) is 11.4 Å². The maximum Gasteiger partial charge on any atom is 0.353 e. The highest BCUT2D eigenvalue weighted by molar-refractivity contribution is 5.88. The number of benzene rings is 1. The fourth-order valence-corrected chi connectivity index (χ4v) is 1.81. The zero-order valence-corrected chi connectivity index (χ0v) is 9.07. The highest BCUT2D eigenvalue weighted by atomic mass is 19.1. The first-order valence-electron chi connectivity index (χ1n) is 5.21. The molecule has 0 spiro atoms. The number of carbonyl (C=O) groups is 1. The molecule has 0 amide bonds. The van der Waals surface area contributed by atoms with E-state index in [4.69, 9.17) is 5.11 Å². The number of aromatic nitrogens is 3. The van der Waals surface area contributed by atoms with Crippen LogP contribution in [-0.2, 0) is 0 Å². The lowest BCUT2D eigenvalue weighted by Gasteiger charge is -1.88. The van der Waals surface area contributed by atoms with Gasteiger partial charge in [0.1, 0.15) is 17.2 Å². The van der Waals surface area contributed by atoms with Crippen molar-refractivity contribution in [2.24, 2.45) is 0 Å². The quantitative estimate of drug-likeness (QED) is 0.648. The van der Waals surface area contributed by atoms with E-state index in [2.05, 4.69) is 15.2 Å². The molecular formula is C12H8FN3O2. The summed E-state index contributed by atoms with van der Waals surface area (Å²) < 4.78 is 13.0. The standard InChI is InChI=1S/C12H8FN3O2/c13-7-2-1-6-3-9(14-8(6)4-7)10-5-11(12(17)18)16-15-10/h1-5,14H,(H,15,16)(H,17,18). The summed E-state index contributed by atoms with van der Waals surface area (Å²) in [7, 11) is 0. The van der Waals surface area contributed by atoms with Crippen molar-refractivity contribution in [2.45, 2.75) is 0 Å². The highest BCUT2D eigenvalue weighted by Gasteiger charge is 2.11. The van der Waals surface area contributed by atoms with Gasteiger partial charge in [-0.05, 0) is 24.3 Å². The number of H-pyrrole nitrogens is 2. The number of carboxylic acids is 1. The number of aromatic amines is 2. The second kappa shape index (κ2) is 3.69. The monoisotopic (exact) mass is 245 g/mol. The van der Waals surface area contributed by atoms with Crippen LogP contribution in [0, 0.1) is 5.82 Å². The van der Waals surface area contributed by atoms with Gasteiger partial charge in [-0.2, -0.15) is 5.10 Å². The first-order valence-corrected chi connectivity index (χ1v) is 5.21. The molecule has 0 saturated heterocycles. The van der Waals surface area contributed by atoms with Gasteiger partial charge in [-0.1, -0.05) is 0 Å². The zero-order valence-electron chi connectivity index (χ0n) is 9.07. The Morgan fingerprint density at radius 3 is 2.83 bits per heavy atom. The number of aromatic carboxylic acids is 1. The molecule has 18 heavy (non-hydrogen) atoms. The summed E-state index contributed by atoms with van der Waals surface area (Å²) in [6.07, 6.45) is 0. The summed E-state index contributed by atoms with van der Waals surface area (Å²) in [5, 5.41) is 15.9. The lowest BCUT2D eigenvalue weighted by Crippen LogP contribution is -1.95. The van der Waals surface area contributed by atoms with E-state index in [9.17, 15) is 9.18 Å². The molecule has 0 fully saturated rings. The van der Waals surface area contributed by atoms with Crippen LogP contribution in [0.25, 0.3) is 22.3 Å².